The minimum absolute atomic E-state index is 0.0587. The van der Waals surface area contributed by atoms with Crippen LogP contribution in [0.25, 0.3) is 10.9 Å². The monoisotopic (exact) mass is 354 g/mol. The number of nitrogens with zero attached hydrogens (tertiary/aromatic N) is 4. The molecule has 0 N–H and O–H groups in total. The van der Waals surface area contributed by atoms with Crippen LogP contribution < -0.4 is 0 Å². The zero-order chi connectivity index (χ0) is 18.5. The molecule has 7 heteroatoms. The van der Waals surface area contributed by atoms with Gasteiger partial charge in [0.25, 0.3) is 0 Å². The summed E-state index contributed by atoms with van der Waals surface area (Å²) >= 11 is 0. The van der Waals surface area contributed by atoms with Crippen LogP contribution in [0.1, 0.15) is 16.8 Å². The maximum Gasteiger partial charge on any atom is 0.409 e. The van der Waals surface area contributed by atoms with E-state index in [1.165, 1.54) is 7.11 Å². The van der Waals surface area contributed by atoms with Crippen LogP contribution in [-0.2, 0) is 11.3 Å². The van der Waals surface area contributed by atoms with Gasteiger partial charge in [-0.05, 0) is 6.07 Å². The first kappa shape index (κ1) is 18.0. The highest BCUT2D eigenvalue weighted by Gasteiger charge is 2.24. The first-order valence-corrected chi connectivity index (χ1v) is 8.67. The van der Waals surface area contributed by atoms with E-state index >= 15 is 0 Å². The van der Waals surface area contributed by atoms with Crippen molar-refractivity contribution in [1.82, 2.24) is 14.4 Å². The molecule has 2 heterocycles. The Balaban J connectivity index is 1.71. The summed E-state index contributed by atoms with van der Waals surface area (Å²) < 4.78 is 6.71. The van der Waals surface area contributed by atoms with Crippen molar-refractivity contribution in [2.75, 3.05) is 39.8 Å². The van der Waals surface area contributed by atoms with Crippen LogP contribution in [0.15, 0.2) is 30.5 Å². The lowest BCUT2D eigenvalue weighted by Crippen LogP contribution is -2.49. The highest BCUT2D eigenvalue weighted by molar-refractivity contribution is 6.09. The van der Waals surface area contributed by atoms with Crippen molar-refractivity contribution < 1.29 is 14.3 Å². The number of piperazine rings is 1. The van der Waals surface area contributed by atoms with Gasteiger partial charge in [-0.1, -0.05) is 18.2 Å². The Hall–Kier alpha value is -2.85. The number of Topliss-reactive ketones (excluding diaryl/α,β-unsaturated/α-hetero) is 1. The Kier molecular flexibility index (Phi) is 5.54. The van der Waals surface area contributed by atoms with Crippen molar-refractivity contribution >= 4 is 22.8 Å². The van der Waals surface area contributed by atoms with Gasteiger partial charge in [0.2, 0.25) is 0 Å². The third kappa shape index (κ3) is 3.70. The number of ketones is 1. The number of carbonyl (C=O) groups excluding carboxylic acids is 2. The molecule has 1 aromatic carbocycles. The molecule has 1 fully saturated rings. The number of hydrogen-bond acceptors (Lipinski definition) is 5. The normalized spacial score (nSPS) is 15.0. The third-order valence-corrected chi connectivity index (χ3v) is 4.73. The Morgan fingerprint density at radius 3 is 2.62 bits per heavy atom. The fourth-order valence-corrected chi connectivity index (χ4v) is 3.33. The number of nitriles is 1. The molecule has 0 unspecified atom stereocenters. The van der Waals surface area contributed by atoms with Gasteiger partial charge in [0.05, 0.1) is 26.1 Å². The van der Waals surface area contributed by atoms with E-state index in [2.05, 4.69) is 11.0 Å². The number of amides is 1. The summed E-state index contributed by atoms with van der Waals surface area (Å²) in [6.45, 7) is 3.30. The summed E-state index contributed by atoms with van der Waals surface area (Å²) in [7, 11) is 1.38. The standard InChI is InChI=1S/C19H22N4O3/c1-26-19(25)22-11-9-21(10-12-22)14-18(24)16-13-23(8-4-7-20)17-6-3-2-5-15(16)17/h2-3,5-6,13H,4,8-12,14H2,1H3. The maximum atomic E-state index is 12.9. The predicted molar refractivity (Wildman–Crippen MR) is 96.9 cm³/mol. The highest BCUT2D eigenvalue weighted by atomic mass is 16.5. The molecule has 1 saturated heterocycles. The van der Waals surface area contributed by atoms with Gasteiger partial charge in [0.1, 0.15) is 0 Å². The van der Waals surface area contributed by atoms with Gasteiger partial charge in [-0.3, -0.25) is 9.69 Å². The van der Waals surface area contributed by atoms with Crippen molar-refractivity contribution in [2.45, 2.75) is 13.0 Å². The highest BCUT2D eigenvalue weighted by Crippen LogP contribution is 2.22. The van der Waals surface area contributed by atoms with Crippen molar-refractivity contribution in [3.05, 3.63) is 36.0 Å². The molecule has 0 atom stereocenters. The van der Waals surface area contributed by atoms with Gasteiger partial charge in [0.15, 0.2) is 5.78 Å². The quantitative estimate of drug-likeness (QED) is 0.769. The fourth-order valence-electron chi connectivity index (χ4n) is 3.33. The number of ether oxygens (including phenoxy) is 1. The van der Waals surface area contributed by atoms with Gasteiger partial charge in [-0.25, -0.2) is 4.79 Å². The van der Waals surface area contributed by atoms with Crippen LogP contribution in [0.3, 0.4) is 0 Å². The molecule has 1 amide bonds. The minimum atomic E-state index is -0.323. The molecule has 0 spiro atoms. The minimum Gasteiger partial charge on any atom is -0.453 e. The van der Waals surface area contributed by atoms with Crippen molar-refractivity contribution in [2.24, 2.45) is 0 Å². The van der Waals surface area contributed by atoms with Gasteiger partial charge >= 0.3 is 6.09 Å². The topological polar surface area (TPSA) is 78.6 Å². The van der Waals surface area contributed by atoms with E-state index in [-0.39, 0.29) is 11.9 Å². The summed E-state index contributed by atoms with van der Waals surface area (Å²) in [5.41, 5.74) is 1.66. The van der Waals surface area contributed by atoms with Crippen LogP contribution >= 0.6 is 0 Å². The average Bonchev–Trinajstić information content (AvgIpc) is 3.05. The summed E-state index contributed by atoms with van der Waals surface area (Å²) in [4.78, 5) is 28.1. The molecule has 1 aliphatic rings. The number of benzene rings is 1. The summed E-state index contributed by atoms with van der Waals surface area (Å²) in [6, 6.07) is 9.92. The lowest BCUT2D eigenvalue weighted by atomic mass is 10.1. The maximum absolute atomic E-state index is 12.9. The first-order chi connectivity index (χ1) is 12.6. The average molecular weight is 354 g/mol. The second kappa shape index (κ2) is 8.02. The first-order valence-electron chi connectivity index (χ1n) is 8.67. The van der Waals surface area contributed by atoms with Crippen molar-refractivity contribution in [1.29, 1.82) is 5.26 Å². The Morgan fingerprint density at radius 1 is 1.19 bits per heavy atom. The van der Waals surface area contributed by atoms with Crippen LogP contribution in [0.4, 0.5) is 4.79 Å². The molecule has 136 valence electrons. The third-order valence-electron chi connectivity index (χ3n) is 4.73. The summed E-state index contributed by atoms with van der Waals surface area (Å²) in [5, 5.41) is 9.76. The molecule has 0 radical (unpaired) electrons. The molecular formula is C19H22N4O3. The molecule has 2 aromatic rings. The molecule has 0 bridgehead atoms. The number of aryl methyl sites for hydroxylation is 1. The van der Waals surface area contributed by atoms with Gasteiger partial charge in [0, 0.05) is 55.4 Å². The van der Waals surface area contributed by atoms with Crippen LogP contribution in [0, 0.1) is 11.3 Å². The predicted octanol–water partition coefficient (Wildman–Crippen LogP) is 2.12. The Labute approximate surface area is 152 Å². The van der Waals surface area contributed by atoms with E-state index in [0.29, 0.717) is 51.3 Å². The van der Waals surface area contributed by atoms with E-state index in [1.807, 2.05) is 35.0 Å². The second-order valence-electron chi connectivity index (χ2n) is 6.32. The van der Waals surface area contributed by atoms with E-state index in [1.54, 1.807) is 4.90 Å². The SMILES string of the molecule is COC(=O)N1CCN(CC(=O)c2cn(CCC#N)c3ccccc23)CC1. The van der Waals surface area contributed by atoms with Crippen LogP contribution in [0.2, 0.25) is 0 Å². The molecule has 26 heavy (non-hydrogen) atoms. The molecular weight excluding hydrogens is 332 g/mol. The Bertz CT molecular complexity index is 844. The lowest BCUT2D eigenvalue weighted by molar-refractivity contribution is 0.0791. The summed E-state index contributed by atoms with van der Waals surface area (Å²) in [6.07, 6.45) is 1.94. The number of fused-ring (bicyclic) bond motifs is 1. The zero-order valence-corrected chi connectivity index (χ0v) is 14.9. The molecule has 3 rings (SSSR count). The fraction of sp³-hybridized carbons (Fsp3) is 0.421. The van der Waals surface area contributed by atoms with E-state index < -0.39 is 0 Å². The van der Waals surface area contributed by atoms with Gasteiger partial charge in [-0.15, -0.1) is 0 Å². The number of hydrogen-bond donors (Lipinski definition) is 0. The number of rotatable bonds is 5. The van der Waals surface area contributed by atoms with E-state index in [4.69, 9.17) is 10.00 Å². The van der Waals surface area contributed by atoms with Crippen molar-refractivity contribution in [3.8, 4) is 6.07 Å². The number of methoxy groups -OCH3 is 1. The molecule has 7 nitrogen and oxygen atoms in total. The lowest BCUT2D eigenvalue weighted by Gasteiger charge is -2.33. The Morgan fingerprint density at radius 2 is 1.92 bits per heavy atom. The van der Waals surface area contributed by atoms with E-state index in [0.717, 1.165) is 10.9 Å². The van der Waals surface area contributed by atoms with Crippen molar-refractivity contribution in [3.63, 3.8) is 0 Å². The molecule has 0 saturated carbocycles. The molecule has 1 aromatic heterocycles. The van der Waals surface area contributed by atoms with Crippen LogP contribution in [0.5, 0.6) is 0 Å². The number of para-hydroxylation sites is 1. The van der Waals surface area contributed by atoms with E-state index in [9.17, 15) is 9.59 Å². The van der Waals surface area contributed by atoms with Gasteiger partial charge in [-0.2, -0.15) is 5.26 Å². The second-order valence-corrected chi connectivity index (χ2v) is 6.32. The zero-order valence-electron chi connectivity index (χ0n) is 14.9. The smallest absolute Gasteiger partial charge is 0.409 e. The van der Waals surface area contributed by atoms with Crippen LogP contribution in [-0.4, -0.2) is 66.1 Å². The number of aromatic nitrogens is 1. The molecule has 1 aliphatic heterocycles. The largest absolute Gasteiger partial charge is 0.453 e. The summed E-state index contributed by atoms with van der Waals surface area (Å²) in [5.74, 6) is 0.0587. The molecule has 0 aliphatic carbocycles. The number of carbonyl (C=O) groups is 2. The van der Waals surface area contributed by atoms with Gasteiger partial charge < -0.3 is 14.2 Å².